The van der Waals surface area contributed by atoms with Crippen molar-refractivity contribution in [2.45, 2.75) is 260 Å². The number of hydrogen-bond acceptors (Lipinski definition) is 22. The molecular weight excluding hydrogens is 1720 g/mol. The van der Waals surface area contributed by atoms with Crippen molar-refractivity contribution in [1.29, 1.82) is 0 Å². The molecule has 20 N–H and O–H groups in total. The Balaban J connectivity index is 1.03. The fraction of sp³-hybridized carbons (Fsp3) is 0.576. The van der Waals surface area contributed by atoms with E-state index in [1.54, 1.807) is 107 Å². The largest absolute Gasteiger partial charge is 0.497 e. The first-order valence-corrected chi connectivity index (χ1v) is 45.9. The van der Waals surface area contributed by atoms with Gasteiger partial charge in [0.1, 0.15) is 90.8 Å². The maximum absolute atomic E-state index is 16.0. The number of aliphatic hydroxyl groups excluding tert-OH is 1. The number of amides is 16. The van der Waals surface area contributed by atoms with Gasteiger partial charge in [-0.2, -0.15) is 0 Å². The lowest BCUT2D eigenvalue weighted by Gasteiger charge is -2.38. The lowest BCUT2D eigenvalue weighted by atomic mass is 9.97. The number of carboxylic acid groups (broad SMARTS) is 1. The number of likely N-dealkylation sites (N-methyl/N-ethyl adjacent to an activating group) is 2. The summed E-state index contributed by atoms with van der Waals surface area (Å²) in [7, 11) is 4.20. The number of nitrogens with two attached hydrogens (primary N) is 4. The van der Waals surface area contributed by atoms with Gasteiger partial charge in [0, 0.05) is 107 Å². The average molecular weight is 1850 g/mol. The number of ether oxygens (including phenoxy) is 1. The third kappa shape index (κ3) is 25.2. The molecule has 0 aliphatic carbocycles. The van der Waals surface area contributed by atoms with Gasteiger partial charge in [0.25, 0.3) is 5.91 Å². The van der Waals surface area contributed by atoms with Crippen molar-refractivity contribution in [3.05, 3.63) is 102 Å². The second-order valence-electron chi connectivity index (χ2n) is 36.1. The van der Waals surface area contributed by atoms with Crippen molar-refractivity contribution < 1.29 is 96.5 Å². The predicted molar refractivity (Wildman–Crippen MR) is 487 cm³/mol. The summed E-state index contributed by atoms with van der Waals surface area (Å²) in [5.74, 6) is -15.6. The van der Waals surface area contributed by atoms with Crippen LogP contribution in [0.4, 0.5) is 0 Å². The number of para-hydroxylation sites is 2. The number of primary amides is 2. The Labute approximate surface area is 771 Å². The van der Waals surface area contributed by atoms with E-state index in [1.165, 1.54) is 41.8 Å². The molecule has 7 heterocycles. The molecule has 3 aromatic carbocycles. The van der Waals surface area contributed by atoms with Crippen LogP contribution in [0.1, 0.15) is 161 Å². The Morgan fingerprint density at radius 1 is 0.556 bits per heavy atom. The lowest BCUT2D eigenvalue weighted by molar-refractivity contribution is -0.149. The summed E-state index contributed by atoms with van der Waals surface area (Å²) in [5, 5.41) is 47.7. The van der Waals surface area contributed by atoms with Crippen LogP contribution in [0.25, 0.3) is 21.8 Å². The van der Waals surface area contributed by atoms with Crippen molar-refractivity contribution in [2.75, 3.05) is 67.0 Å². The Morgan fingerprint density at radius 2 is 1.11 bits per heavy atom. The molecule has 1 spiro atoms. The highest BCUT2D eigenvalue weighted by Crippen LogP contribution is 2.49. The van der Waals surface area contributed by atoms with Crippen LogP contribution in [0, 0.1) is 11.8 Å². The molecule has 2 aromatic heterocycles. The third-order valence-corrected chi connectivity index (χ3v) is 25.4. The summed E-state index contributed by atoms with van der Waals surface area (Å²) in [6.45, 7) is 7.71. The van der Waals surface area contributed by atoms with Crippen LogP contribution < -0.4 is 75.5 Å². The van der Waals surface area contributed by atoms with E-state index in [9.17, 15) is 53.4 Å². The summed E-state index contributed by atoms with van der Waals surface area (Å²) >= 11 is 0. The van der Waals surface area contributed by atoms with Gasteiger partial charge in [0.15, 0.2) is 0 Å². The molecule has 0 unspecified atom stereocenters. The van der Waals surface area contributed by atoms with E-state index >= 15 is 38.4 Å². The molecule has 5 saturated heterocycles. The normalized spacial score (nSPS) is 26.4. The number of unbranched alkanes of at least 4 members (excludes halogenated alkanes) is 2. The quantitative estimate of drug-likeness (QED) is 0.0292. The number of rotatable bonds is 25. The molecule has 41 heteroatoms. The van der Waals surface area contributed by atoms with Gasteiger partial charge in [-0.3, -0.25) is 86.4 Å². The van der Waals surface area contributed by atoms with Gasteiger partial charge < -0.3 is 120 Å². The number of nitrogens with one attached hydrogen (secondary N) is 10. The smallest absolute Gasteiger partial charge is 0.323 e. The maximum atomic E-state index is 16.0. The number of methoxy groups -OCH3 is 1. The molecule has 5 aliphatic heterocycles. The number of aliphatic carboxylic acids is 1. The Bertz CT molecular complexity index is 5080. The van der Waals surface area contributed by atoms with Crippen molar-refractivity contribution in [2.24, 2.45) is 34.8 Å². The Kier molecular flexibility index (Phi) is 35.9. The maximum Gasteiger partial charge on any atom is 0.323 e. The monoisotopic (exact) mass is 1850 g/mol. The molecule has 5 aliphatic rings. The topological polar surface area (TPSA) is 592 Å². The van der Waals surface area contributed by atoms with Gasteiger partial charge in [-0.1, -0.05) is 116 Å². The van der Waals surface area contributed by atoms with Crippen LogP contribution in [0.15, 0.2) is 85.2 Å². The number of carbonyl (C=O) groups is 17. The van der Waals surface area contributed by atoms with Crippen LogP contribution >= 0.6 is 0 Å². The SMILES string of the molecule is CCCC[C@H]1C(=O)N(C)[C@@H](CCCC)C(=O)N[C@@H](CC(C)C)C(=O)N[C@H](C(N)=O)CNCC(=O)N[C@@H](Cc2ccc(OC)cc2)C(=O)N2CCCC[C@H]2C(=O)N[C@@H](CC(N)=O)C(=O)N2CCC[C@H]2C(=O)N[C@@H](CN)C(=O)N[C@@H](CC(C)C)C(=O)N2C[C@H](O)C[C@@]23C(=O)N3[C@@H](Cc2c[nH]c3ccccc23)C(=O)N[C@@H](CCN)C(=O)N[C@@H](Cc2cn(CC(=O)O)c3ccccc23)C(=O)N1C. The van der Waals surface area contributed by atoms with Crippen molar-refractivity contribution in [1.82, 2.24) is 86.8 Å². The van der Waals surface area contributed by atoms with Crippen LogP contribution in [-0.4, -0.2) is 307 Å². The standard InChI is InChI=1S/C92H131N21O20/c1-10-12-24-70-82(123)101-62(37-51(3)4)80(121)106-68(78(96)119)46-97-47-76(116)99-64(39-53-29-31-57(133-9)32-30-53)87(128)110-35-19-18-27-71(110)83(124)104-66(42-75(95)115)88(129)111-36-20-28-72(111)84(125)105-67(44-94)81(122)102-63(38-52(5)6)89(130)112-49-56(114)43-92(112)91(132)113(92)74(41-54-45-98-60-23-16-14-21-58(54)60)85(126)100-61(33-34-93)79(120)103-65(86(127)108(8)73(25-13-11-2)90(131)107(70)7)40-55-48-109(50-77(117)118)69-26-17-15-22-59(55)69/h14-17,21-23,26,29-32,45,48,51-52,56,61-68,70-74,97-98,114H,10-13,18-20,24-25,27-28,33-44,46-47,49-50,93-94H2,1-9H3,(H2,95,115)(H2,96,119)(H,99,116)(H,100,126)(H,101,123)(H,102,122)(H,103,120)(H,104,124)(H,105,125)(H,106,121)(H,117,118)/t56-,61+,62+,63+,64+,65+,66+,67+,68+,70+,71+,72+,73+,74+,92-,113?/m1/s1. The fourth-order valence-electron chi connectivity index (χ4n) is 18.5. The highest BCUT2D eigenvalue weighted by molar-refractivity contribution is 6.10. The molecule has 5 aromatic rings. The minimum absolute atomic E-state index is 0.000902. The first-order valence-electron chi connectivity index (χ1n) is 45.9. The van der Waals surface area contributed by atoms with Gasteiger partial charge in [-0.15, -0.1) is 0 Å². The first kappa shape index (κ1) is 102. The zero-order chi connectivity index (χ0) is 97.0. The van der Waals surface area contributed by atoms with Gasteiger partial charge in [-0.25, -0.2) is 0 Å². The van der Waals surface area contributed by atoms with Gasteiger partial charge in [0.2, 0.25) is 94.3 Å². The number of aliphatic hydroxyl groups is 1. The molecule has 0 saturated carbocycles. The van der Waals surface area contributed by atoms with E-state index in [-0.39, 0.29) is 102 Å². The number of H-pyrrole nitrogens is 1. The van der Waals surface area contributed by atoms with Crippen molar-refractivity contribution in [3.63, 3.8) is 0 Å². The number of piperidine rings is 1. The highest BCUT2D eigenvalue weighted by Gasteiger charge is 2.74. The number of hydrogen-bond donors (Lipinski definition) is 16. The third-order valence-electron chi connectivity index (χ3n) is 25.4. The molecule has 724 valence electrons. The molecule has 5 fully saturated rings. The summed E-state index contributed by atoms with van der Waals surface area (Å²) < 4.78 is 6.82. The molecule has 0 radical (unpaired) electrons. The highest BCUT2D eigenvalue weighted by atomic mass is 16.5. The fourth-order valence-corrected chi connectivity index (χ4v) is 18.5. The minimum Gasteiger partial charge on any atom is -0.497 e. The number of aromatic nitrogens is 2. The average Bonchev–Trinajstić information content (AvgIpc) is 1.51. The predicted octanol–water partition coefficient (Wildman–Crippen LogP) is -1.61. The lowest BCUT2D eigenvalue weighted by Crippen LogP contribution is -2.62. The van der Waals surface area contributed by atoms with Gasteiger partial charge >= 0.3 is 5.97 Å². The van der Waals surface area contributed by atoms with E-state index in [4.69, 9.17) is 27.7 Å². The Morgan fingerprint density at radius 3 is 1.74 bits per heavy atom. The number of benzene rings is 3. The zero-order valence-corrected chi connectivity index (χ0v) is 77.1. The van der Waals surface area contributed by atoms with E-state index in [1.807, 2.05) is 13.8 Å². The molecule has 41 nitrogen and oxygen atoms in total. The summed E-state index contributed by atoms with van der Waals surface area (Å²) in [4.78, 5) is 262. The molecule has 133 heavy (non-hydrogen) atoms. The number of carbonyl (C=O) groups excluding carboxylic acids is 16. The van der Waals surface area contributed by atoms with Crippen LogP contribution in [0.2, 0.25) is 0 Å². The molecule has 15 atom stereocenters. The van der Waals surface area contributed by atoms with E-state index in [2.05, 4.69) is 52.8 Å². The first-order chi connectivity index (χ1) is 63.4. The van der Waals surface area contributed by atoms with Crippen LogP contribution in [-0.2, 0) is 107 Å². The number of carboxylic acids is 1. The Hall–Kier alpha value is -12.6. The summed E-state index contributed by atoms with van der Waals surface area (Å²) in [6.07, 6.45) is 2.08. The molecule has 16 amide bonds. The molecule has 0 bridgehead atoms. The second kappa shape index (κ2) is 46.6. The van der Waals surface area contributed by atoms with E-state index < -0.39 is 236 Å². The van der Waals surface area contributed by atoms with Gasteiger partial charge in [0.05, 0.1) is 26.2 Å². The molecule has 10 rings (SSSR count). The summed E-state index contributed by atoms with van der Waals surface area (Å²) in [5.41, 5.74) is 24.7. The number of nitrogens with zero attached hydrogens (tertiary/aromatic N) is 7. The second-order valence-corrected chi connectivity index (χ2v) is 36.1. The number of fused-ring (bicyclic) bond motifs is 4. The van der Waals surface area contributed by atoms with Crippen LogP contribution in [0.5, 0.6) is 5.75 Å². The van der Waals surface area contributed by atoms with Crippen LogP contribution in [0.3, 0.4) is 0 Å². The van der Waals surface area contributed by atoms with Gasteiger partial charge in [-0.05, 0) is 124 Å². The number of aromatic amines is 1. The molecular formula is C92H131N21O20. The minimum atomic E-state index is -2.08. The summed E-state index contributed by atoms with van der Waals surface area (Å²) in [6, 6.07) is 0.951. The van der Waals surface area contributed by atoms with Crippen molar-refractivity contribution >= 4 is 122 Å². The zero-order valence-electron chi connectivity index (χ0n) is 77.1. The van der Waals surface area contributed by atoms with E-state index in [0.717, 1.165) is 19.6 Å². The van der Waals surface area contributed by atoms with E-state index in [0.29, 0.717) is 82.8 Å². The van der Waals surface area contributed by atoms with Crippen molar-refractivity contribution in [3.8, 4) is 5.75 Å².